The summed E-state index contributed by atoms with van der Waals surface area (Å²) >= 11 is 0. The van der Waals surface area contributed by atoms with Crippen LogP contribution in [0.3, 0.4) is 0 Å². The van der Waals surface area contributed by atoms with Crippen molar-refractivity contribution in [3.05, 3.63) is 71.6 Å². The van der Waals surface area contributed by atoms with Crippen molar-refractivity contribution in [2.45, 2.75) is 52.2 Å². The van der Waals surface area contributed by atoms with Gasteiger partial charge in [-0.3, -0.25) is 0 Å². The summed E-state index contributed by atoms with van der Waals surface area (Å²) in [4.78, 5) is 12.4. The Labute approximate surface area is 169 Å². The van der Waals surface area contributed by atoms with E-state index in [2.05, 4.69) is 81.4 Å². The molecular formula is C24H30O3Si. The Morgan fingerprint density at radius 3 is 1.96 bits per heavy atom. The number of benzene rings is 2. The van der Waals surface area contributed by atoms with Crippen molar-refractivity contribution in [3.8, 4) is 0 Å². The second kappa shape index (κ2) is 7.96. The zero-order valence-electron chi connectivity index (χ0n) is 17.5. The molecule has 3 nitrogen and oxygen atoms in total. The van der Waals surface area contributed by atoms with Crippen molar-refractivity contribution < 1.29 is 14.3 Å². The lowest BCUT2D eigenvalue weighted by molar-refractivity contribution is -0.152. The Morgan fingerprint density at radius 1 is 1.04 bits per heavy atom. The summed E-state index contributed by atoms with van der Waals surface area (Å²) in [5.41, 5.74) is 0. The second-order valence-electron chi connectivity index (χ2n) is 8.33. The third-order valence-corrected chi connectivity index (χ3v) is 11.8. The van der Waals surface area contributed by atoms with Crippen LogP contribution in [0.5, 0.6) is 0 Å². The molecule has 2 aromatic rings. The summed E-state index contributed by atoms with van der Waals surface area (Å²) in [6.45, 7) is 11.2. The van der Waals surface area contributed by atoms with Crippen LogP contribution in [0.15, 0.2) is 71.6 Å². The SMILES string of the molecule is CCOC(=O)[C@H]1CC([Si](c2ccccc2)(c2ccccc2)C(C)(C)C)=C(C)O1. The monoisotopic (exact) mass is 394 g/mol. The molecule has 1 aliphatic rings. The van der Waals surface area contributed by atoms with Crippen LogP contribution in [0.2, 0.25) is 5.04 Å². The molecule has 0 radical (unpaired) electrons. The molecule has 1 aliphatic heterocycles. The molecule has 28 heavy (non-hydrogen) atoms. The standard InChI is InChI=1S/C24H30O3Si/c1-6-26-23(25)21-17-22(18(2)27-21)28(24(3,4)5,19-13-9-7-10-14-19)20-15-11-8-12-16-20/h7-16,21H,6,17H2,1-5H3/t21-/m1/s1. The highest BCUT2D eigenvalue weighted by Gasteiger charge is 2.54. The molecule has 2 aromatic carbocycles. The third-order valence-electron chi connectivity index (χ3n) is 5.67. The number of esters is 1. The lowest BCUT2D eigenvalue weighted by atomic mass is 10.2. The van der Waals surface area contributed by atoms with Crippen molar-refractivity contribution in [2.24, 2.45) is 0 Å². The van der Waals surface area contributed by atoms with Crippen molar-refractivity contribution in [1.29, 1.82) is 0 Å². The highest BCUT2D eigenvalue weighted by Crippen LogP contribution is 2.45. The van der Waals surface area contributed by atoms with Gasteiger partial charge in [0, 0.05) is 6.42 Å². The van der Waals surface area contributed by atoms with Gasteiger partial charge in [0.15, 0.2) is 14.2 Å². The molecule has 148 valence electrons. The van der Waals surface area contributed by atoms with Crippen LogP contribution >= 0.6 is 0 Å². The van der Waals surface area contributed by atoms with E-state index in [0.717, 1.165) is 5.76 Å². The van der Waals surface area contributed by atoms with Gasteiger partial charge in [0.1, 0.15) is 0 Å². The fourth-order valence-corrected chi connectivity index (χ4v) is 10.8. The first-order chi connectivity index (χ1) is 13.3. The molecule has 0 unspecified atom stereocenters. The molecule has 1 heterocycles. The largest absolute Gasteiger partial charge is 0.483 e. The smallest absolute Gasteiger partial charge is 0.347 e. The van der Waals surface area contributed by atoms with Gasteiger partial charge in [-0.15, -0.1) is 0 Å². The number of carbonyl (C=O) groups excluding carboxylic acids is 1. The molecule has 0 aromatic heterocycles. The summed E-state index contributed by atoms with van der Waals surface area (Å²) in [6.07, 6.45) is 0.0504. The Morgan fingerprint density at radius 2 is 1.54 bits per heavy atom. The number of allylic oxidation sites excluding steroid dienone is 1. The predicted molar refractivity (Wildman–Crippen MR) is 116 cm³/mol. The number of carbonyl (C=O) groups is 1. The summed E-state index contributed by atoms with van der Waals surface area (Å²) < 4.78 is 11.3. The minimum atomic E-state index is -2.44. The van der Waals surface area contributed by atoms with Crippen LogP contribution in [0, 0.1) is 0 Å². The molecule has 0 saturated carbocycles. The Balaban J connectivity index is 2.23. The highest BCUT2D eigenvalue weighted by atomic mass is 28.3. The topological polar surface area (TPSA) is 35.5 Å². The maximum Gasteiger partial charge on any atom is 0.347 e. The molecular weight excluding hydrogens is 364 g/mol. The first-order valence-corrected chi connectivity index (χ1v) is 12.0. The van der Waals surface area contributed by atoms with Gasteiger partial charge in [-0.25, -0.2) is 4.79 Å². The van der Waals surface area contributed by atoms with Gasteiger partial charge < -0.3 is 9.47 Å². The van der Waals surface area contributed by atoms with Crippen molar-refractivity contribution in [2.75, 3.05) is 6.61 Å². The second-order valence-corrected chi connectivity index (χ2v) is 13.1. The average Bonchev–Trinajstić information content (AvgIpc) is 3.05. The normalized spacial score (nSPS) is 17.4. The maximum absolute atomic E-state index is 12.4. The van der Waals surface area contributed by atoms with Gasteiger partial charge in [-0.05, 0) is 34.5 Å². The van der Waals surface area contributed by atoms with Gasteiger partial charge in [0.05, 0.1) is 12.4 Å². The van der Waals surface area contributed by atoms with E-state index in [-0.39, 0.29) is 11.0 Å². The average molecular weight is 395 g/mol. The molecule has 0 N–H and O–H groups in total. The summed E-state index contributed by atoms with van der Waals surface area (Å²) in [5, 5.41) is 3.96. The molecule has 4 heteroatoms. The molecule has 3 rings (SSSR count). The van der Waals surface area contributed by atoms with E-state index < -0.39 is 14.2 Å². The summed E-state index contributed by atoms with van der Waals surface area (Å²) in [6, 6.07) is 21.5. The molecule has 1 atom stereocenters. The van der Waals surface area contributed by atoms with Crippen LogP contribution in [-0.2, 0) is 14.3 Å². The van der Waals surface area contributed by atoms with Crippen molar-refractivity contribution >= 4 is 24.4 Å². The molecule has 0 bridgehead atoms. The van der Waals surface area contributed by atoms with Crippen LogP contribution in [-0.4, -0.2) is 26.8 Å². The minimum absolute atomic E-state index is 0.0147. The zero-order valence-corrected chi connectivity index (χ0v) is 18.5. The van der Waals surface area contributed by atoms with Gasteiger partial charge in [0.2, 0.25) is 0 Å². The van der Waals surface area contributed by atoms with Crippen LogP contribution < -0.4 is 10.4 Å². The Bertz CT molecular complexity index is 811. The van der Waals surface area contributed by atoms with Gasteiger partial charge in [0.25, 0.3) is 0 Å². The quantitative estimate of drug-likeness (QED) is 0.563. The van der Waals surface area contributed by atoms with E-state index in [1.54, 1.807) is 0 Å². The number of hydrogen-bond donors (Lipinski definition) is 0. The first kappa shape index (κ1) is 20.4. The fourth-order valence-electron chi connectivity index (χ4n) is 4.65. The van der Waals surface area contributed by atoms with Gasteiger partial charge >= 0.3 is 5.97 Å². The number of rotatable bonds is 5. The van der Waals surface area contributed by atoms with Gasteiger partial charge in [-0.1, -0.05) is 81.4 Å². The Hall–Kier alpha value is -2.33. The van der Waals surface area contributed by atoms with E-state index >= 15 is 0 Å². The number of hydrogen-bond acceptors (Lipinski definition) is 3. The van der Waals surface area contributed by atoms with E-state index in [4.69, 9.17) is 9.47 Å². The summed E-state index contributed by atoms with van der Waals surface area (Å²) in [5.74, 6) is 0.613. The molecule has 0 fully saturated rings. The summed E-state index contributed by atoms with van der Waals surface area (Å²) in [7, 11) is -2.44. The first-order valence-electron chi connectivity index (χ1n) is 9.97. The van der Waals surface area contributed by atoms with Gasteiger partial charge in [-0.2, -0.15) is 0 Å². The lowest BCUT2D eigenvalue weighted by Gasteiger charge is -2.45. The zero-order chi connectivity index (χ0) is 20.4. The molecule has 0 amide bonds. The predicted octanol–water partition coefficient (Wildman–Crippen LogP) is 4.21. The fraction of sp³-hybridized carbons (Fsp3) is 0.375. The number of ether oxygens (including phenoxy) is 2. The van der Waals surface area contributed by atoms with Crippen molar-refractivity contribution in [3.63, 3.8) is 0 Å². The lowest BCUT2D eigenvalue weighted by Crippen LogP contribution is -2.66. The maximum atomic E-state index is 12.4. The van der Waals surface area contributed by atoms with Crippen LogP contribution in [0.4, 0.5) is 0 Å². The van der Waals surface area contributed by atoms with E-state index in [1.807, 2.05) is 13.8 Å². The van der Waals surface area contributed by atoms with E-state index in [0.29, 0.717) is 13.0 Å². The molecule has 0 spiro atoms. The minimum Gasteiger partial charge on any atom is -0.483 e. The van der Waals surface area contributed by atoms with Crippen LogP contribution in [0.1, 0.15) is 41.0 Å². The van der Waals surface area contributed by atoms with E-state index in [9.17, 15) is 4.79 Å². The molecule has 0 aliphatic carbocycles. The van der Waals surface area contributed by atoms with Crippen molar-refractivity contribution in [1.82, 2.24) is 0 Å². The highest BCUT2D eigenvalue weighted by molar-refractivity contribution is 7.09. The van der Waals surface area contributed by atoms with E-state index in [1.165, 1.54) is 15.6 Å². The third kappa shape index (κ3) is 3.42. The van der Waals surface area contributed by atoms with Crippen LogP contribution in [0.25, 0.3) is 0 Å². The Kier molecular flexibility index (Phi) is 5.80. The molecule has 0 saturated heterocycles.